The third-order valence-electron chi connectivity index (χ3n) is 6.52. The minimum Gasteiger partial charge on any atom is -0.337 e. The summed E-state index contributed by atoms with van der Waals surface area (Å²) in [5, 5.41) is 3.50. The van der Waals surface area contributed by atoms with Gasteiger partial charge in [-0.1, -0.05) is 0 Å². The fourth-order valence-corrected chi connectivity index (χ4v) is 5.98. The molecule has 112 valence electrons. The molecule has 4 aliphatic carbocycles. The maximum absolute atomic E-state index is 13.3. The van der Waals surface area contributed by atoms with E-state index in [0.29, 0.717) is 18.0 Å². The molecule has 0 aromatic carbocycles. The van der Waals surface area contributed by atoms with Gasteiger partial charge in [0.05, 0.1) is 5.41 Å². The average molecular weight is 276 g/mol. The fourth-order valence-electron chi connectivity index (χ4n) is 5.98. The Labute approximate surface area is 122 Å². The lowest BCUT2D eigenvalue weighted by Gasteiger charge is -2.57. The topological polar surface area (TPSA) is 32.3 Å². The summed E-state index contributed by atoms with van der Waals surface area (Å²) in [6.45, 7) is 6.27. The molecular formula is C17H28N2O. The van der Waals surface area contributed by atoms with E-state index >= 15 is 0 Å². The second-order valence-electron chi connectivity index (χ2n) is 8.31. The average Bonchev–Trinajstić information content (AvgIpc) is 2.39. The van der Waals surface area contributed by atoms with Gasteiger partial charge in [0.25, 0.3) is 0 Å². The molecule has 2 unspecified atom stereocenters. The molecule has 0 spiro atoms. The standard InChI is InChI=1S/C17H28N2O/c1-11-10-19(12(2)9-18-11)16(20)17-6-13-3-14(7-17)5-15(4-13)8-17/h11-15,18H,3-10H2,1-2H3. The Kier molecular flexibility index (Phi) is 2.93. The van der Waals surface area contributed by atoms with Crippen molar-refractivity contribution in [3.63, 3.8) is 0 Å². The first-order valence-corrected chi connectivity index (χ1v) is 8.60. The smallest absolute Gasteiger partial charge is 0.229 e. The molecule has 1 saturated heterocycles. The summed E-state index contributed by atoms with van der Waals surface area (Å²) < 4.78 is 0. The predicted octanol–water partition coefficient (Wildman–Crippen LogP) is 2.41. The SMILES string of the molecule is CC1CN(C(=O)C23CC4CC(CC(C4)C2)C3)C(C)CN1. The number of hydrogen-bond donors (Lipinski definition) is 1. The molecule has 3 heteroatoms. The first-order chi connectivity index (χ1) is 9.56. The van der Waals surface area contributed by atoms with E-state index in [9.17, 15) is 4.79 Å². The molecule has 5 rings (SSSR count). The molecule has 5 aliphatic rings. The number of carbonyl (C=O) groups excluding carboxylic acids is 1. The van der Waals surface area contributed by atoms with Crippen molar-refractivity contribution in [2.24, 2.45) is 23.2 Å². The minimum atomic E-state index is 0.0417. The molecule has 0 aromatic rings. The van der Waals surface area contributed by atoms with Crippen LogP contribution in [0.5, 0.6) is 0 Å². The van der Waals surface area contributed by atoms with Crippen molar-refractivity contribution < 1.29 is 4.79 Å². The summed E-state index contributed by atoms with van der Waals surface area (Å²) in [5.41, 5.74) is 0.0417. The maximum Gasteiger partial charge on any atom is 0.229 e. The second kappa shape index (κ2) is 4.46. The van der Waals surface area contributed by atoms with Gasteiger partial charge in [0, 0.05) is 25.2 Å². The Morgan fingerprint density at radius 3 is 2.15 bits per heavy atom. The summed E-state index contributed by atoms with van der Waals surface area (Å²) in [6, 6.07) is 0.816. The fraction of sp³-hybridized carbons (Fsp3) is 0.941. The van der Waals surface area contributed by atoms with Crippen molar-refractivity contribution in [1.82, 2.24) is 10.2 Å². The van der Waals surface area contributed by atoms with E-state index < -0.39 is 0 Å². The number of rotatable bonds is 1. The quantitative estimate of drug-likeness (QED) is 0.797. The highest BCUT2D eigenvalue weighted by Crippen LogP contribution is 2.60. The van der Waals surface area contributed by atoms with Crippen molar-refractivity contribution >= 4 is 5.91 Å². The van der Waals surface area contributed by atoms with Crippen molar-refractivity contribution in [2.45, 2.75) is 64.5 Å². The number of hydrogen-bond acceptors (Lipinski definition) is 2. The van der Waals surface area contributed by atoms with Crippen molar-refractivity contribution in [2.75, 3.05) is 13.1 Å². The van der Waals surface area contributed by atoms with Gasteiger partial charge in [0.1, 0.15) is 0 Å². The van der Waals surface area contributed by atoms with Gasteiger partial charge < -0.3 is 10.2 Å². The molecular weight excluding hydrogens is 248 g/mol. The van der Waals surface area contributed by atoms with Crippen LogP contribution >= 0.6 is 0 Å². The van der Waals surface area contributed by atoms with Crippen molar-refractivity contribution in [1.29, 1.82) is 0 Å². The zero-order valence-electron chi connectivity index (χ0n) is 12.9. The van der Waals surface area contributed by atoms with Gasteiger partial charge in [-0.25, -0.2) is 0 Å². The van der Waals surface area contributed by atoms with Crippen LogP contribution in [0.25, 0.3) is 0 Å². The molecule has 1 amide bonds. The van der Waals surface area contributed by atoms with Crippen molar-refractivity contribution in [3.05, 3.63) is 0 Å². The van der Waals surface area contributed by atoms with E-state index in [1.165, 1.54) is 38.5 Å². The van der Waals surface area contributed by atoms with Gasteiger partial charge in [-0.05, 0) is 70.1 Å². The van der Waals surface area contributed by atoms with Crippen LogP contribution in [-0.2, 0) is 4.79 Å². The molecule has 1 heterocycles. The Bertz CT molecular complexity index is 384. The van der Waals surface area contributed by atoms with Gasteiger partial charge in [0.2, 0.25) is 5.91 Å². The highest BCUT2D eigenvalue weighted by molar-refractivity contribution is 5.83. The van der Waals surface area contributed by atoms with Crippen molar-refractivity contribution in [3.8, 4) is 0 Å². The number of nitrogens with zero attached hydrogens (tertiary/aromatic N) is 1. The van der Waals surface area contributed by atoms with Gasteiger partial charge in [-0.15, -0.1) is 0 Å². The molecule has 2 atom stereocenters. The van der Waals surface area contributed by atoms with Crippen LogP contribution in [0, 0.1) is 23.2 Å². The summed E-state index contributed by atoms with van der Waals surface area (Å²) in [5.74, 6) is 3.10. The lowest BCUT2D eigenvalue weighted by Crippen LogP contribution is -2.62. The number of carbonyl (C=O) groups is 1. The lowest BCUT2D eigenvalue weighted by molar-refractivity contribution is -0.161. The van der Waals surface area contributed by atoms with Gasteiger partial charge in [-0.2, -0.15) is 0 Å². The van der Waals surface area contributed by atoms with Crippen LogP contribution in [0.1, 0.15) is 52.4 Å². The van der Waals surface area contributed by atoms with Crippen LogP contribution in [0.15, 0.2) is 0 Å². The van der Waals surface area contributed by atoms with Crippen LogP contribution in [0.3, 0.4) is 0 Å². The van der Waals surface area contributed by atoms with Crippen LogP contribution in [-0.4, -0.2) is 36.0 Å². The molecule has 4 bridgehead atoms. The highest BCUT2D eigenvalue weighted by atomic mass is 16.2. The van der Waals surface area contributed by atoms with E-state index in [0.717, 1.165) is 30.8 Å². The first kappa shape index (κ1) is 13.1. The second-order valence-corrected chi connectivity index (χ2v) is 8.31. The third kappa shape index (κ3) is 1.93. The Morgan fingerprint density at radius 1 is 1.05 bits per heavy atom. The maximum atomic E-state index is 13.3. The molecule has 20 heavy (non-hydrogen) atoms. The van der Waals surface area contributed by atoms with E-state index in [4.69, 9.17) is 0 Å². The summed E-state index contributed by atoms with van der Waals surface area (Å²) >= 11 is 0. The molecule has 0 radical (unpaired) electrons. The predicted molar refractivity (Wildman–Crippen MR) is 79.2 cm³/mol. The van der Waals surface area contributed by atoms with Gasteiger partial charge in [0.15, 0.2) is 0 Å². The van der Waals surface area contributed by atoms with E-state index in [-0.39, 0.29) is 5.41 Å². The van der Waals surface area contributed by atoms with Crippen LogP contribution < -0.4 is 5.32 Å². The summed E-state index contributed by atoms with van der Waals surface area (Å²) in [7, 11) is 0. The van der Waals surface area contributed by atoms with Gasteiger partial charge >= 0.3 is 0 Å². The number of piperazine rings is 1. The monoisotopic (exact) mass is 276 g/mol. The number of nitrogens with one attached hydrogen (secondary N) is 1. The Morgan fingerprint density at radius 2 is 1.60 bits per heavy atom. The normalized spacial score (nSPS) is 50.5. The van der Waals surface area contributed by atoms with E-state index in [2.05, 4.69) is 24.1 Å². The largest absolute Gasteiger partial charge is 0.337 e. The molecule has 3 nitrogen and oxygen atoms in total. The molecule has 1 N–H and O–H groups in total. The zero-order valence-corrected chi connectivity index (χ0v) is 12.9. The molecule has 4 saturated carbocycles. The van der Waals surface area contributed by atoms with E-state index in [1.807, 2.05) is 0 Å². The Hall–Kier alpha value is -0.570. The zero-order chi connectivity index (χ0) is 13.9. The van der Waals surface area contributed by atoms with E-state index in [1.54, 1.807) is 0 Å². The molecule has 0 aromatic heterocycles. The summed E-state index contributed by atoms with van der Waals surface area (Å²) in [4.78, 5) is 15.5. The van der Waals surface area contributed by atoms with Gasteiger partial charge in [-0.3, -0.25) is 4.79 Å². The Balaban J connectivity index is 1.58. The van der Waals surface area contributed by atoms with Crippen LogP contribution in [0.2, 0.25) is 0 Å². The lowest BCUT2D eigenvalue weighted by atomic mass is 9.49. The third-order valence-corrected chi connectivity index (χ3v) is 6.52. The minimum absolute atomic E-state index is 0.0417. The summed E-state index contributed by atoms with van der Waals surface area (Å²) in [6.07, 6.45) is 7.84. The first-order valence-electron chi connectivity index (χ1n) is 8.60. The highest BCUT2D eigenvalue weighted by Gasteiger charge is 2.56. The molecule has 1 aliphatic heterocycles. The molecule has 5 fully saturated rings. The number of amides is 1. The van der Waals surface area contributed by atoms with Crippen LogP contribution in [0.4, 0.5) is 0 Å².